The summed E-state index contributed by atoms with van der Waals surface area (Å²) in [6, 6.07) is 12.2. The van der Waals surface area contributed by atoms with Gasteiger partial charge in [0.05, 0.1) is 23.3 Å². The van der Waals surface area contributed by atoms with Gasteiger partial charge < -0.3 is 14.8 Å². The Morgan fingerprint density at radius 3 is 2.47 bits per heavy atom. The first-order valence-electron chi connectivity index (χ1n) is 11.3. The molecule has 3 rings (SSSR count). The minimum absolute atomic E-state index is 0.0525. The lowest BCUT2D eigenvalue weighted by atomic mass is 9.78. The average Bonchev–Trinajstić information content (AvgIpc) is 2.85. The lowest BCUT2D eigenvalue weighted by molar-refractivity contribution is -0.125. The number of nitrogens with zero attached hydrogens (tertiary/aromatic N) is 1. The minimum Gasteiger partial charge on any atom is -0.497 e. The monoisotopic (exact) mass is 488 g/mol. The molecule has 1 aliphatic rings. The molecule has 0 aliphatic heterocycles. The number of rotatable bonds is 8. The van der Waals surface area contributed by atoms with Crippen molar-refractivity contribution in [3.8, 4) is 5.75 Å². The topological polar surface area (TPSA) is 102 Å². The van der Waals surface area contributed by atoms with Gasteiger partial charge in [0.15, 0.2) is 6.61 Å². The average molecular weight is 489 g/mol. The highest BCUT2D eigenvalue weighted by Gasteiger charge is 2.28. The van der Waals surface area contributed by atoms with Crippen molar-refractivity contribution in [3.05, 3.63) is 54.1 Å². The molecule has 0 heterocycles. The fraction of sp³-hybridized carbons (Fsp3) is 0.440. The Kier molecular flexibility index (Phi) is 8.19. The van der Waals surface area contributed by atoms with E-state index in [2.05, 4.69) is 19.2 Å². The Morgan fingerprint density at radius 2 is 1.79 bits per heavy atom. The molecule has 184 valence electrons. The summed E-state index contributed by atoms with van der Waals surface area (Å²) in [6.45, 7) is 3.88. The summed E-state index contributed by atoms with van der Waals surface area (Å²) in [5.74, 6) is 0.378. The molecule has 0 saturated heterocycles. The number of esters is 1. The van der Waals surface area contributed by atoms with Crippen molar-refractivity contribution in [2.75, 3.05) is 25.1 Å². The number of benzene rings is 2. The highest BCUT2D eigenvalue weighted by Crippen LogP contribution is 2.29. The van der Waals surface area contributed by atoms with Gasteiger partial charge in [0.2, 0.25) is 0 Å². The third kappa shape index (κ3) is 5.88. The first-order valence-corrected chi connectivity index (χ1v) is 12.8. The molecule has 8 nitrogen and oxygen atoms in total. The molecular formula is C25H32N2O6S. The quantitative estimate of drug-likeness (QED) is 0.570. The Morgan fingerprint density at radius 1 is 1.09 bits per heavy atom. The number of carbonyl (C=O) groups excluding carboxylic acids is 2. The van der Waals surface area contributed by atoms with E-state index in [1.807, 2.05) is 0 Å². The predicted molar refractivity (Wildman–Crippen MR) is 129 cm³/mol. The molecule has 3 atom stereocenters. The van der Waals surface area contributed by atoms with Gasteiger partial charge in [-0.2, -0.15) is 0 Å². The molecule has 0 radical (unpaired) electrons. The molecule has 0 spiro atoms. The first kappa shape index (κ1) is 25.6. The third-order valence-corrected chi connectivity index (χ3v) is 8.33. The number of ether oxygens (including phenoxy) is 2. The molecule has 1 amide bonds. The van der Waals surface area contributed by atoms with E-state index in [-0.39, 0.29) is 22.4 Å². The number of methoxy groups -OCH3 is 1. The zero-order chi connectivity index (χ0) is 24.9. The fourth-order valence-corrected chi connectivity index (χ4v) is 5.36. The van der Waals surface area contributed by atoms with Crippen LogP contribution in [0.5, 0.6) is 5.75 Å². The van der Waals surface area contributed by atoms with E-state index in [9.17, 15) is 18.0 Å². The number of carbonyl (C=O) groups is 2. The molecule has 1 N–H and O–H groups in total. The second-order valence-corrected chi connectivity index (χ2v) is 10.7. The van der Waals surface area contributed by atoms with Crippen molar-refractivity contribution in [1.29, 1.82) is 0 Å². The van der Waals surface area contributed by atoms with Crippen molar-refractivity contribution in [2.24, 2.45) is 11.8 Å². The molecule has 3 unspecified atom stereocenters. The van der Waals surface area contributed by atoms with Gasteiger partial charge >= 0.3 is 5.97 Å². The smallest absolute Gasteiger partial charge is 0.338 e. The van der Waals surface area contributed by atoms with Crippen molar-refractivity contribution in [2.45, 2.75) is 44.0 Å². The summed E-state index contributed by atoms with van der Waals surface area (Å²) < 4.78 is 37.6. The molecule has 9 heteroatoms. The molecule has 1 fully saturated rings. The van der Waals surface area contributed by atoms with Crippen LogP contribution in [0.2, 0.25) is 0 Å². The van der Waals surface area contributed by atoms with Gasteiger partial charge in [0, 0.05) is 13.1 Å². The third-order valence-electron chi connectivity index (χ3n) is 6.55. The largest absolute Gasteiger partial charge is 0.497 e. The highest BCUT2D eigenvalue weighted by atomic mass is 32.2. The van der Waals surface area contributed by atoms with Gasteiger partial charge in [-0.1, -0.05) is 32.8 Å². The van der Waals surface area contributed by atoms with E-state index < -0.39 is 22.6 Å². The summed E-state index contributed by atoms with van der Waals surface area (Å²) in [6.07, 6.45) is 3.12. The second-order valence-electron chi connectivity index (χ2n) is 8.72. The zero-order valence-electron chi connectivity index (χ0n) is 20.0. The van der Waals surface area contributed by atoms with Crippen LogP contribution in [0.4, 0.5) is 5.69 Å². The summed E-state index contributed by atoms with van der Waals surface area (Å²) >= 11 is 0. The Balaban J connectivity index is 1.64. The molecule has 1 aliphatic carbocycles. The highest BCUT2D eigenvalue weighted by molar-refractivity contribution is 7.92. The zero-order valence-corrected chi connectivity index (χ0v) is 20.8. The van der Waals surface area contributed by atoms with Crippen LogP contribution in [0.15, 0.2) is 53.4 Å². The van der Waals surface area contributed by atoms with E-state index in [0.29, 0.717) is 23.3 Å². The number of amides is 1. The van der Waals surface area contributed by atoms with Crippen LogP contribution in [-0.2, 0) is 19.6 Å². The molecule has 2 aromatic carbocycles. The van der Waals surface area contributed by atoms with Crippen LogP contribution in [0.3, 0.4) is 0 Å². The Bertz CT molecular complexity index is 1120. The van der Waals surface area contributed by atoms with Crippen LogP contribution in [0, 0.1) is 11.8 Å². The lowest BCUT2D eigenvalue weighted by Gasteiger charge is -2.34. The van der Waals surface area contributed by atoms with Crippen LogP contribution in [0.1, 0.15) is 43.5 Å². The number of anilines is 1. The van der Waals surface area contributed by atoms with Gasteiger partial charge in [-0.3, -0.25) is 9.10 Å². The summed E-state index contributed by atoms with van der Waals surface area (Å²) in [5.41, 5.74) is 0.494. The van der Waals surface area contributed by atoms with E-state index in [0.717, 1.165) is 23.6 Å². The molecule has 1 saturated carbocycles. The van der Waals surface area contributed by atoms with Crippen LogP contribution in [0.25, 0.3) is 0 Å². The van der Waals surface area contributed by atoms with Crippen LogP contribution in [-0.4, -0.2) is 47.1 Å². The number of hydrogen-bond donors (Lipinski definition) is 1. The number of hydrogen-bond acceptors (Lipinski definition) is 6. The molecular weight excluding hydrogens is 456 g/mol. The van der Waals surface area contributed by atoms with E-state index in [1.54, 1.807) is 24.3 Å². The van der Waals surface area contributed by atoms with Gasteiger partial charge in [-0.25, -0.2) is 13.2 Å². The van der Waals surface area contributed by atoms with Crippen molar-refractivity contribution in [1.82, 2.24) is 5.32 Å². The van der Waals surface area contributed by atoms with Crippen molar-refractivity contribution < 1.29 is 27.5 Å². The maximum atomic E-state index is 13.1. The van der Waals surface area contributed by atoms with Gasteiger partial charge in [-0.05, 0) is 60.7 Å². The maximum Gasteiger partial charge on any atom is 0.338 e. The van der Waals surface area contributed by atoms with Crippen molar-refractivity contribution >= 4 is 27.6 Å². The van der Waals surface area contributed by atoms with Crippen molar-refractivity contribution in [3.63, 3.8) is 0 Å². The van der Waals surface area contributed by atoms with E-state index in [4.69, 9.17) is 9.47 Å². The van der Waals surface area contributed by atoms with Crippen LogP contribution < -0.4 is 14.4 Å². The Labute approximate surface area is 201 Å². The molecule has 0 bridgehead atoms. The summed E-state index contributed by atoms with van der Waals surface area (Å²) in [5, 5.41) is 2.96. The van der Waals surface area contributed by atoms with Crippen LogP contribution >= 0.6 is 0 Å². The maximum absolute atomic E-state index is 13.1. The molecule has 2 aromatic rings. The minimum atomic E-state index is -3.92. The predicted octanol–water partition coefficient (Wildman–Crippen LogP) is 3.62. The number of sulfonamides is 1. The SMILES string of the molecule is COc1ccc(N(C)S(=O)(=O)c2cccc(C(=O)OCC(=O)NC3CCCC(C)C3C)c2)cc1. The van der Waals surface area contributed by atoms with E-state index in [1.165, 1.54) is 38.4 Å². The Hall–Kier alpha value is -3.07. The van der Waals surface area contributed by atoms with Gasteiger partial charge in [0.1, 0.15) is 5.75 Å². The fourth-order valence-electron chi connectivity index (χ4n) is 4.12. The normalized spacial score (nSPS) is 20.3. The molecule has 0 aromatic heterocycles. The first-order chi connectivity index (χ1) is 16.1. The van der Waals surface area contributed by atoms with Gasteiger partial charge in [-0.15, -0.1) is 0 Å². The second kappa shape index (κ2) is 10.9. The van der Waals surface area contributed by atoms with Gasteiger partial charge in [0.25, 0.3) is 15.9 Å². The lowest BCUT2D eigenvalue weighted by Crippen LogP contribution is -2.45. The van der Waals surface area contributed by atoms with E-state index >= 15 is 0 Å². The molecule has 34 heavy (non-hydrogen) atoms. The summed E-state index contributed by atoms with van der Waals surface area (Å²) in [7, 11) is -0.965. The standard InChI is InChI=1S/C25H32N2O6S/c1-17-7-5-10-23(18(17)2)26-24(28)16-33-25(29)19-8-6-9-22(15-19)34(30,31)27(3)20-11-13-21(32-4)14-12-20/h6,8-9,11-15,17-18,23H,5,7,10,16H2,1-4H3,(H,26,28). The number of nitrogens with one attached hydrogen (secondary N) is 1. The summed E-state index contributed by atoms with van der Waals surface area (Å²) in [4.78, 5) is 24.8.